The number of benzene rings is 1. The molecule has 0 heterocycles. The van der Waals surface area contributed by atoms with Crippen LogP contribution in [0, 0.1) is 0 Å². The van der Waals surface area contributed by atoms with E-state index in [1.54, 1.807) is 0 Å². The molecule has 1 atom stereocenters. The summed E-state index contributed by atoms with van der Waals surface area (Å²) in [5, 5.41) is 0. The Kier molecular flexibility index (Phi) is 5.50. The lowest BCUT2D eigenvalue weighted by Crippen LogP contribution is -2.30. The van der Waals surface area contributed by atoms with E-state index in [-0.39, 0.29) is 5.75 Å². The van der Waals surface area contributed by atoms with Crippen molar-refractivity contribution in [3.63, 3.8) is 0 Å². The van der Waals surface area contributed by atoms with Gasteiger partial charge in [-0.05, 0) is 31.2 Å². The zero-order valence-electron chi connectivity index (χ0n) is 9.18. The molecule has 0 saturated carbocycles. The number of halogens is 1. The molecule has 1 rings (SSSR count). The van der Waals surface area contributed by atoms with Crippen LogP contribution in [0.2, 0.25) is 0 Å². The van der Waals surface area contributed by atoms with Gasteiger partial charge in [-0.2, -0.15) is 0 Å². The van der Waals surface area contributed by atoms with Crippen molar-refractivity contribution in [2.75, 3.05) is 5.75 Å². The van der Waals surface area contributed by atoms with Gasteiger partial charge in [0, 0.05) is 9.37 Å². The van der Waals surface area contributed by atoms with Gasteiger partial charge in [-0.1, -0.05) is 15.9 Å². The molecular weight excluding hydrogens is 306 g/mol. The smallest absolute Gasteiger partial charge is 0.317 e. The lowest BCUT2D eigenvalue weighted by atomic mass is 10.4. The standard InChI is InChI=1S/C11H12BrNO3S/c1-7(11(13)15)16-10(14)6-17-9-4-2-8(12)3-5-9/h2-5,7H,6H2,1H3,(H2,13,15)/t7-/m0/s1. The average molecular weight is 318 g/mol. The third-order valence-electron chi connectivity index (χ3n) is 1.88. The minimum atomic E-state index is -0.881. The van der Waals surface area contributed by atoms with Gasteiger partial charge < -0.3 is 10.5 Å². The Morgan fingerprint density at radius 2 is 2.00 bits per heavy atom. The van der Waals surface area contributed by atoms with Crippen molar-refractivity contribution in [2.24, 2.45) is 5.73 Å². The second-order valence-corrected chi connectivity index (χ2v) is 5.24. The van der Waals surface area contributed by atoms with Crippen LogP contribution in [0.15, 0.2) is 33.6 Å². The molecule has 1 amide bonds. The van der Waals surface area contributed by atoms with E-state index in [0.717, 1.165) is 9.37 Å². The molecule has 2 N–H and O–H groups in total. The van der Waals surface area contributed by atoms with Gasteiger partial charge in [-0.15, -0.1) is 11.8 Å². The minimum Gasteiger partial charge on any atom is -0.452 e. The normalized spacial score (nSPS) is 11.9. The summed E-state index contributed by atoms with van der Waals surface area (Å²) in [5.74, 6) is -0.949. The summed E-state index contributed by atoms with van der Waals surface area (Å²) in [7, 11) is 0. The highest BCUT2D eigenvalue weighted by molar-refractivity contribution is 9.10. The van der Waals surface area contributed by atoms with Gasteiger partial charge in [0.2, 0.25) is 0 Å². The molecule has 0 aliphatic rings. The molecule has 1 aromatic rings. The van der Waals surface area contributed by atoms with Gasteiger partial charge >= 0.3 is 5.97 Å². The first-order chi connectivity index (χ1) is 7.99. The first kappa shape index (κ1) is 14.1. The number of esters is 1. The number of nitrogens with two attached hydrogens (primary N) is 1. The van der Waals surface area contributed by atoms with Crippen LogP contribution in [0.1, 0.15) is 6.92 Å². The molecule has 17 heavy (non-hydrogen) atoms. The summed E-state index contributed by atoms with van der Waals surface area (Å²) in [6.45, 7) is 1.45. The van der Waals surface area contributed by atoms with Gasteiger partial charge in [0.25, 0.3) is 5.91 Å². The van der Waals surface area contributed by atoms with Gasteiger partial charge in [0.05, 0.1) is 5.75 Å². The molecule has 6 heteroatoms. The van der Waals surface area contributed by atoms with Gasteiger partial charge in [-0.25, -0.2) is 0 Å². The van der Waals surface area contributed by atoms with Gasteiger partial charge in [-0.3, -0.25) is 9.59 Å². The van der Waals surface area contributed by atoms with Crippen molar-refractivity contribution in [3.05, 3.63) is 28.7 Å². The van der Waals surface area contributed by atoms with E-state index in [1.165, 1.54) is 18.7 Å². The van der Waals surface area contributed by atoms with Crippen molar-refractivity contribution in [3.8, 4) is 0 Å². The first-order valence-electron chi connectivity index (χ1n) is 4.86. The third kappa shape index (κ3) is 5.23. The van der Waals surface area contributed by atoms with E-state index in [0.29, 0.717) is 0 Å². The quantitative estimate of drug-likeness (QED) is 0.665. The zero-order valence-corrected chi connectivity index (χ0v) is 11.6. The highest BCUT2D eigenvalue weighted by Crippen LogP contribution is 2.20. The van der Waals surface area contributed by atoms with Crippen LogP contribution in [-0.4, -0.2) is 23.7 Å². The Hall–Kier alpha value is -1.01. The number of amides is 1. The number of thioether (sulfide) groups is 1. The topological polar surface area (TPSA) is 69.4 Å². The van der Waals surface area contributed by atoms with Crippen LogP contribution < -0.4 is 5.73 Å². The summed E-state index contributed by atoms with van der Waals surface area (Å²) >= 11 is 4.67. The second-order valence-electron chi connectivity index (χ2n) is 3.28. The molecule has 0 bridgehead atoms. The largest absolute Gasteiger partial charge is 0.452 e. The van der Waals surface area contributed by atoms with E-state index in [4.69, 9.17) is 10.5 Å². The van der Waals surface area contributed by atoms with E-state index in [9.17, 15) is 9.59 Å². The average Bonchev–Trinajstić information content (AvgIpc) is 2.28. The predicted molar refractivity (Wildman–Crippen MR) is 69.6 cm³/mol. The third-order valence-corrected chi connectivity index (χ3v) is 3.39. The van der Waals surface area contributed by atoms with Crippen molar-refractivity contribution in [1.29, 1.82) is 0 Å². The summed E-state index contributed by atoms with van der Waals surface area (Å²) in [6.07, 6.45) is -0.881. The number of carbonyl (C=O) groups is 2. The maximum atomic E-state index is 11.3. The van der Waals surface area contributed by atoms with E-state index in [1.807, 2.05) is 24.3 Å². The second kappa shape index (κ2) is 6.66. The van der Waals surface area contributed by atoms with Crippen molar-refractivity contribution in [2.45, 2.75) is 17.9 Å². The van der Waals surface area contributed by atoms with E-state index >= 15 is 0 Å². The molecule has 0 radical (unpaired) electrons. The lowest BCUT2D eigenvalue weighted by Gasteiger charge is -2.09. The number of ether oxygens (including phenoxy) is 1. The van der Waals surface area contributed by atoms with Crippen LogP contribution in [0.4, 0.5) is 0 Å². The molecule has 4 nitrogen and oxygen atoms in total. The van der Waals surface area contributed by atoms with Crippen molar-refractivity contribution < 1.29 is 14.3 Å². The molecule has 92 valence electrons. The zero-order chi connectivity index (χ0) is 12.8. The van der Waals surface area contributed by atoms with Crippen LogP contribution >= 0.6 is 27.7 Å². The number of hydrogen-bond donors (Lipinski definition) is 1. The fraction of sp³-hybridized carbons (Fsp3) is 0.273. The molecule has 0 saturated heterocycles. The Morgan fingerprint density at radius 1 is 1.41 bits per heavy atom. The fourth-order valence-corrected chi connectivity index (χ4v) is 1.91. The maximum absolute atomic E-state index is 11.3. The first-order valence-corrected chi connectivity index (χ1v) is 6.64. The van der Waals surface area contributed by atoms with Gasteiger partial charge in [0.15, 0.2) is 6.10 Å². The summed E-state index contributed by atoms with van der Waals surface area (Å²) in [6, 6.07) is 7.55. The molecular formula is C11H12BrNO3S. The summed E-state index contributed by atoms with van der Waals surface area (Å²) in [4.78, 5) is 23.0. The Morgan fingerprint density at radius 3 is 2.53 bits per heavy atom. The number of primary amides is 1. The van der Waals surface area contributed by atoms with Crippen LogP contribution in [-0.2, 0) is 14.3 Å². The van der Waals surface area contributed by atoms with Crippen molar-refractivity contribution in [1.82, 2.24) is 0 Å². The molecule has 0 aromatic heterocycles. The maximum Gasteiger partial charge on any atom is 0.317 e. The summed E-state index contributed by atoms with van der Waals surface area (Å²) in [5.41, 5.74) is 4.98. The Balaban J connectivity index is 2.38. The molecule has 0 unspecified atom stereocenters. The Labute approximate surface area is 112 Å². The monoisotopic (exact) mass is 317 g/mol. The molecule has 1 aromatic carbocycles. The Bertz CT molecular complexity index is 408. The fourth-order valence-electron chi connectivity index (χ4n) is 0.962. The number of rotatable bonds is 5. The molecule has 0 aliphatic carbocycles. The SMILES string of the molecule is C[C@H](OC(=O)CSc1ccc(Br)cc1)C(N)=O. The van der Waals surface area contributed by atoms with Crippen LogP contribution in [0.5, 0.6) is 0 Å². The minimum absolute atomic E-state index is 0.152. The predicted octanol–water partition coefficient (Wildman–Crippen LogP) is 1.96. The summed E-state index contributed by atoms with van der Waals surface area (Å²) < 4.78 is 5.79. The van der Waals surface area contributed by atoms with Crippen molar-refractivity contribution >= 4 is 39.6 Å². The number of hydrogen-bond acceptors (Lipinski definition) is 4. The van der Waals surface area contributed by atoms with Gasteiger partial charge in [0.1, 0.15) is 0 Å². The molecule has 0 aliphatic heterocycles. The van der Waals surface area contributed by atoms with Crippen LogP contribution in [0.25, 0.3) is 0 Å². The lowest BCUT2D eigenvalue weighted by molar-refractivity contribution is -0.151. The van der Waals surface area contributed by atoms with E-state index < -0.39 is 18.0 Å². The molecule has 0 fully saturated rings. The highest BCUT2D eigenvalue weighted by Gasteiger charge is 2.14. The molecule has 0 spiro atoms. The van der Waals surface area contributed by atoms with Crippen LogP contribution in [0.3, 0.4) is 0 Å². The number of carbonyl (C=O) groups excluding carboxylic acids is 2. The van der Waals surface area contributed by atoms with E-state index in [2.05, 4.69) is 15.9 Å². The highest BCUT2D eigenvalue weighted by atomic mass is 79.9.